The van der Waals surface area contributed by atoms with Crippen molar-refractivity contribution in [2.45, 2.75) is 45.1 Å². The first-order valence-electron chi connectivity index (χ1n) is 6.84. The molecule has 1 fully saturated rings. The smallest absolute Gasteiger partial charge is 0.146 e. The van der Waals surface area contributed by atoms with Crippen LogP contribution in [0.1, 0.15) is 50.6 Å². The summed E-state index contributed by atoms with van der Waals surface area (Å²) in [5.41, 5.74) is 6.88. The van der Waals surface area contributed by atoms with E-state index in [1.807, 2.05) is 0 Å². The van der Waals surface area contributed by atoms with Crippen molar-refractivity contribution in [3.05, 3.63) is 34.6 Å². The Morgan fingerprint density at radius 3 is 2.83 bits per heavy atom. The number of halogens is 2. The van der Waals surface area contributed by atoms with E-state index < -0.39 is 0 Å². The molecular formula is C15H21ClFN. The first kappa shape index (κ1) is 13.8. The Morgan fingerprint density at radius 1 is 1.39 bits per heavy atom. The molecule has 3 heteroatoms. The molecule has 18 heavy (non-hydrogen) atoms. The monoisotopic (exact) mass is 269 g/mol. The van der Waals surface area contributed by atoms with Crippen molar-refractivity contribution in [2.75, 3.05) is 0 Å². The van der Waals surface area contributed by atoms with Gasteiger partial charge >= 0.3 is 0 Å². The molecule has 2 rings (SSSR count). The van der Waals surface area contributed by atoms with Crippen LogP contribution in [-0.2, 0) is 0 Å². The third kappa shape index (κ3) is 2.70. The van der Waals surface area contributed by atoms with Crippen LogP contribution in [0.5, 0.6) is 0 Å². The van der Waals surface area contributed by atoms with Gasteiger partial charge in [0, 0.05) is 11.6 Å². The van der Waals surface area contributed by atoms with Crippen LogP contribution in [0.25, 0.3) is 0 Å². The summed E-state index contributed by atoms with van der Waals surface area (Å²) in [6, 6.07) is 4.90. The Bertz CT molecular complexity index is 407. The van der Waals surface area contributed by atoms with E-state index in [1.165, 1.54) is 19.3 Å². The summed E-state index contributed by atoms with van der Waals surface area (Å²) in [6.45, 7) is 2.20. The Labute approximate surface area is 114 Å². The fourth-order valence-electron chi connectivity index (χ4n) is 3.22. The summed E-state index contributed by atoms with van der Waals surface area (Å²) in [5, 5.41) is 0.173. The van der Waals surface area contributed by atoms with Crippen LogP contribution in [0, 0.1) is 17.7 Å². The molecule has 0 aliphatic heterocycles. The standard InChI is InChI=1S/C15H21ClFN/c1-2-10-6-3-4-7-11(10)15(18)12-8-5-9-13(16)14(12)17/h5,8-11,15H,2-4,6-7,18H2,1H3. The van der Waals surface area contributed by atoms with Crippen molar-refractivity contribution in [1.29, 1.82) is 0 Å². The van der Waals surface area contributed by atoms with E-state index in [0.717, 1.165) is 12.8 Å². The minimum atomic E-state index is -0.341. The lowest BCUT2D eigenvalue weighted by Gasteiger charge is -2.35. The zero-order valence-electron chi connectivity index (χ0n) is 10.8. The Morgan fingerprint density at radius 2 is 2.11 bits per heavy atom. The van der Waals surface area contributed by atoms with Crippen molar-refractivity contribution in [3.8, 4) is 0 Å². The number of hydrogen-bond donors (Lipinski definition) is 1. The lowest BCUT2D eigenvalue weighted by atomic mass is 9.72. The predicted molar refractivity (Wildman–Crippen MR) is 74.1 cm³/mol. The highest BCUT2D eigenvalue weighted by Gasteiger charge is 2.31. The summed E-state index contributed by atoms with van der Waals surface area (Å²) in [6.07, 6.45) is 5.93. The number of hydrogen-bond acceptors (Lipinski definition) is 1. The van der Waals surface area contributed by atoms with Crippen molar-refractivity contribution in [2.24, 2.45) is 17.6 Å². The van der Waals surface area contributed by atoms with Crippen molar-refractivity contribution >= 4 is 11.6 Å². The molecule has 0 saturated heterocycles. The quantitative estimate of drug-likeness (QED) is 0.846. The maximum absolute atomic E-state index is 14.0. The van der Waals surface area contributed by atoms with E-state index in [-0.39, 0.29) is 16.9 Å². The summed E-state index contributed by atoms with van der Waals surface area (Å²) in [7, 11) is 0. The third-order valence-corrected chi connectivity index (χ3v) is 4.59. The van der Waals surface area contributed by atoms with E-state index in [4.69, 9.17) is 17.3 Å². The summed E-state index contributed by atoms with van der Waals surface area (Å²) in [4.78, 5) is 0. The molecule has 1 aromatic rings. The molecule has 0 spiro atoms. The summed E-state index contributed by atoms with van der Waals surface area (Å²) in [5.74, 6) is 0.663. The van der Waals surface area contributed by atoms with Gasteiger partial charge in [-0.25, -0.2) is 4.39 Å². The molecule has 3 atom stereocenters. The zero-order chi connectivity index (χ0) is 13.1. The molecule has 0 amide bonds. The molecule has 3 unspecified atom stereocenters. The molecule has 100 valence electrons. The van der Waals surface area contributed by atoms with Crippen LogP contribution in [0.4, 0.5) is 4.39 Å². The molecule has 1 aromatic carbocycles. The second-order valence-electron chi connectivity index (χ2n) is 5.29. The number of nitrogens with two attached hydrogens (primary N) is 1. The van der Waals surface area contributed by atoms with Gasteiger partial charge in [0.2, 0.25) is 0 Å². The maximum atomic E-state index is 14.0. The fourth-order valence-corrected chi connectivity index (χ4v) is 3.41. The SMILES string of the molecule is CCC1CCCCC1C(N)c1cccc(Cl)c1F. The highest BCUT2D eigenvalue weighted by atomic mass is 35.5. The van der Waals surface area contributed by atoms with Gasteiger partial charge in [0.25, 0.3) is 0 Å². The number of benzene rings is 1. The normalized spacial score (nSPS) is 26.0. The summed E-state index contributed by atoms with van der Waals surface area (Å²) < 4.78 is 14.0. The Kier molecular flexibility index (Phi) is 4.63. The third-order valence-electron chi connectivity index (χ3n) is 4.29. The molecule has 2 N–H and O–H groups in total. The first-order valence-corrected chi connectivity index (χ1v) is 7.22. The second kappa shape index (κ2) is 6.03. The number of rotatable bonds is 3. The molecule has 1 aliphatic carbocycles. The van der Waals surface area contributed by atoms with Crippen LogP contribution in [0.15, 0.2) is 18.2 Å². The fraction of sp³-hybridized carbons (Fsp3) is 0.600. The lowest BCUT2D eigenvalue weighted by molar-refractivity contribution is 0.194. The van der Waals surface area contributed by atoms with E-state index in [2.05, 4.69) is 6.92 Å². The van der Waals surface area contributed by atoms with Gasteiger partial charge in [0.1, 0.15) is 5.82 Å². The van der Waals surface area contributed by atoms with E-state index in [1.54, 1.807) is 18.2 Å². The topological polar surface area (TPSA) is 26.0 Å². The lowest BCUT2D eigenvalue weighted by Crippen LogP contribution is -2.31. The Hall–Kier alpha value is -0.600. The highest BCUT2D eigenvalue weighted by molar-refractivity contribution is 6.30. The van der Waals surface area contributed by atoms with Gasteiger partial charge in [0.15, 0.2) is 0 Å². The van der Waals surface area contributed by atoms with Gasteiger partial charge in [-0.1, -0.05) is 56.3 Å². The average Bonchev–Trinajstić information content (AvgIpc) is 2.41. The Balaban J connectivity index is 2.23. The van der Waals surface area contributed by atoms with E-state index >= 15 is 0 Å². The maximum Gasteiger partial charge on any atom is 0.146 e. The molecular weight excluding hydrogens is 249 g/mol. The van der Waals surface area contributed by atoms with Crippen molar-refractivity contribution in [3.63, 3.8) is 0 Å². The van der Waals surface area contributed by atoms with Gasteiger partial charge in [-0.2, -0.15) is 0 Å². The van der Waals surface area contributed by atoms with Crippen LogP contribution >= 0.6 is 11.6 Å². The van der Waals surface area contributed by atoms with Gasteiger partial charge in [-0.3, -0.25) is 0 Å². The zero-order valence-corrected chi connectivity index (χ0v) is 11.6. The average molecular weight is 270 g/mol. The molecule has 0 bridgehead atoms. The minimum Gasteiger partial charge on any atom is -0.324 e. The van der Waals surface area contributed by atoms with E-state index in [9.17, 15) is 4.39 Å². The summed E-state index contributed by atoms with van der Waals surface area (Å²) >= 11 is 5.84. The van der Waals surface area contributed by atoms with Crippen LogP contribution in [-0.4, -0.2) is 0 Å². The minimum absolute atomic E-state index is 0.173. The van der Waals surface area contributed by atoms with Gasteiger partial charge in [0.05, 0.1) is 5.02 Å². The van der Waals surface area contributed by atoms with Gasteiger partial charge in [-0.15, -0.1) is 0 Å². The molecule has 1 nitrogen and oxygen atoms in total. The van der Waals surface area contributed by atoms with E-state index in [0.29, 0.717) is 17.4 Å². The first-order chi connectivity index (χ1) is 8.65. The van der Waals surface area contributed by atoms with Crippen molar-refractivity contribution in [1.82, 2.24) is 0 Å². The molecule has 1 saturated carbocycles. The van der Waals surface area contributed by atoms with Crippen LogP contribution < -0.4 is 5.73 Å². The van der Waals surface area contributed by atoms with Gasteiger partial charge in [-0.05, 0) is 24.3 Å². The van der Waals surface area contributed by atoms with Crippen LogP contribution in [0.3, 0.4) is 0 Å². The highest BCUT2D eigenvalue weighted by Crippen LogP contribution is 2.40. The van der Waals surface area contributed by atoms with Crippen LogP contribution in [0.2, 0.25) is 5.02 Å². The van der Waals surface area contributed by atoms with Crippen molar-refractivity contribution < 1.29 is 4.39 Å². The second-order valence-corrected chi connectivity index (χ2v) is 5.69. The largest absolute Gasteiger partial charge is 0.324 e. The molecule has 1 aliphatic rings. The predicted octanol–water partition coefficient (Wildman–Crippen LogP) is 4.70. The van der Waals surface area contributed by atoms with Gasteiger partial charge < -0.3 is 5.73 Å². The molecule has 0 heterocycles. The molecule has 0 aromatic heterocycles. The molecule has 0 radical (unpaired) electrons.